The zero-order chi connectivity index (χ0) is 53.0. The number of hydrogen-bond acceptors (Lipinski definition) is 3. The lowest BCUT2D eigenvalue weighted by Crippen LogP contribution is -2.45. The van der Waals surface area contributed by atoms with Crippen LogP contribution >= 0.6 is 0 Å². The molecule has 0 aliphatic heterocycles. The zero-order valence-corrected chi connectivity index (χ0v) is 49.2. The minimum Gasteiger partial charge on any atom is -0.392 e. The van der Waals surface area contributed by atoms with Gasteiger partial charge in [0.25, 0.3) is 0 Å². The Morgan fingerprint density at radius 2 is 0.733 bits per heavy atom. The molecule has 14 atom stereocenters. The van der Waals surface area contributed by atoms with Gasteiger partial charge in [-0.15, -0.1) is 0 Å². The normalized spacial score (nSPS) is 39.7. The molecule has 3 spiro atoms. The molecular formula is C72H106O3. The van der Waals surface area contributed by atoms with Crippen LogP contribution in [-0.2, 0) is 24.1 Å². The maximum Gasteiger partial charge on any atom is 0.145 e. The van der Waals surface area contributed by atoms with E-state index in [9.17, 15) is 15.0 Å². The van der Waals surface area contributed by atoms with Gasteiger partial charge in [-0.05, 0) is 243 Å². The summed E-state index contributed by atoms with van der Waals surface area (Å²) >= 11 is 0. The smallest absolute Gasteiger partial charge is 0.145 e. The van der Waals surface area contributed by atoms with Crippen molar-refractivity contribution in [3.05, 3.63) is 106 Å². The molecule has 0 bridgehead atoms. The van der Waals surface area contributed by atoms with Crippen LogP contribution in [0.25, 0.3) is 0 Å². The summed E-state index contributed by atoms with van der Waals surface area (Å²) in [6.45, 7) is 19.2. The summed E-state index contributed by atoms with van der Waals surface area (Å²) < 4.78 is 0. The molecule has 412 valence electrons. The molecule has 0 amide bonds. The Morgan fingerprint density at radius 3 is 1.12 bits per heavy atom. The lowest BCUT2D eigenvalue weighted by atomic mass is 9.55. The molecule has 12 aliphatic carbocycles. The van der Waals surface area contributed by atoms with Crippen molar-refractivity contribution in [1.82, 2.24) is 0 Å². The fraction of sp³-hybridized carbons (Fsp3) is 0.736. The molecule has 75 heavy (non-hydrogen) atoms. The summed E-state index contributed by atoms with van der Waals surface area (Å²) in [5.74, 6) is 7.48. The van der Waals surface area contributed by atoms with Gasteiger partial charge in [-0.2, -0.15) is 0 Å². The summed E-state index contributed by atoms with van der Waals surface area (Å²) in [7, 11) is 0. The predicted molar refractivity (Wildman–Crippen MR) is 313 cm³/mol. The first-order valence-corrected chi connectivity index (χ1v) is 32.6. The number of aliphatic hydroxyl groups is 2. The van der Waals surface area contributed by atoms with E-state index in [1.165, 1.54) is 167 Å². The standard InChI is InChI=1S/2C22H30O.C22H28O.3C2H6/c3*1-21-13-10-17-16-7-3-2-6-15(16)8-9-18(17)19(21)14-22(20(21)23)11-4-5-12-22;3*1-2/h2*2-3,6-7,17-20,23H,4-5,8-14H2,1H3;2-3,6-7,17-19H,4-5,8-14H2,1H3;3*1-2H3/t17-,18-,19+,20+,21+;17-,18-,19+,20-,21+;17-,18-,19+,21+;;;/m000.../s1. The summed E-state index contributed by atoms with van der Waals surface area (Å²) in [6.07, 6.45) is 34.4. The molecule has 9 fully saturated rings. The summed E-state index contributed by atoms with van der Waals surface area (Å²) in [6, 6.07) is 27.5. The van der Waals surface area contributed by atoms with Crippen LogP contribution in [0, 0.1) is 68.0 Å². The number of Topliss-reactive ketones (excluding diaryl/α,β-unsaturated/α-hetero) is 1. The number of ketones is 1. The molecule has 2 N–H and O–H groups in total. The SMILES string of the molecule is CC.CC.CC.C[C@@]12CC[C@H]3c4ccccc4CC[C@@H]3[C@H]1CC1(CCCC1)C2=O.C[C@@]12CC[C@H]3c4ccccc4CC[C@@H]3[C@H]1CC1(CCCC1)[C@@H]2O.C[C@@]12CC[C@H]3c4ccccc4CC[C@@H]3[C@H]1CC1(CCCC1)[C@H]2O. The van der Waals surface area contributed by atoms with Crippen molar-refractivity contribution >= 4 is 5.78 Å². The van der Waals surface area contributed by atoms with Crippen LogP contribution in [0.3, 0.4) is 0 Å². The third kappa shape index (κ3) is 8.96. The number of benzene rings is 3. The van der Waals surface area contributed by atoms with Crippen molar-refractivity contribution in [1.29, 1.82) is 0 Å². The molecule has 3 nitrogen and oxygen atoms in total. The van der Waals surface area contributed by atoms with Crippen LogP contribution in [0.15, 0.2) is 72.8 Å². The number of rotatable bonds is 0. The number of hydrogen-bond donors (Lipinski definition) is 2. The topological polar surface area (TPSA) is 57.5 Å². The molecule has 0 unspecified atom stereocenters. The second-order valence-electron chi connectivity index (χ2n) is 27.8. The zero-order valence-electron chi connectivity index (χ0n) is 49.2. The molecule has 3 aromatic carbocycles. The highest BCUT2D eigenvalue weighted by Gasteiger charge is 2.66. The second kappa shape index (κ2) is 22.1. The van der Waals surface area contributed by atoms with E-state index < -0.39 is 0 Å². The average Bonchev–Trinajstić information content (AvgIpc) is 4.35. The van der Waals surface area contributed by atoms with Crippen LogP contribution in [0.4, 0.5) is 0 Å². The minimum absolute atomic E-state index is 0.00219. The van der Waals surface area contributed by atoms with E-state index in [1.807, 2.05) is 41.5 Å². The lowest BCUT2D eigenvalue weighted by molar-refractivity contribution is -0.135. The van der Waals surface area contributed by atoms with Gasteiger partial charge in [0.2, 0.25) is 0 Å². The Kier molecular flexibility index (Phi) is 16.3. The van der Waals surface area contributed by atoms with Crippen LogP contribution in [-0.4, -0.2) is 28.2 Å². The maximum absolute atomic E-state index is 13.4. The van der Waals surface area contributed by atoms with Crippen molar-refractivity contribution in [2.75, 3.05) is 0 Å². The first-order chi connectivity index (χ1) is 36.4. The number of carbonyl (C=O) groups is 1. The molecule has 12 aliphatic rings. The van der Waals surface area contributed by atoms with Gasteiger partial charge < -0.3 is 10.2 Å². The molecular weight excluding hydrogens is 913 g/mol. The van der Waals surface area contributed by atoms with Gasteiger partial charge in [-0.25, -0.2) is 0 Å². The Balaban J connectivity index is 0.000000122. The highest BCUT2D eigenvalue weighted by Crippen LogP contribution is 2.71. The molecule has 0 heterocycles. The Bertz CT molecular complexity index is 2300. The number of fused-ring (bicyclic) bond motifs is 15. The van der Waals surface area contributed by atoms with Gasteiger partial charge >= 0.3 is 0 Å². The first kappa shape index (κ1) is 55.6. The van der Waals surface area contributed by atoms with E-state index in [4.69, 9.17) is 0 Å². The molecule has 3 aromatic rings. The van der Waals surface area contributed by atoms with Crippen LogP contribution in [0.1, 0.15) is 268 Å². The second-order valence-corrected chi connectivity index (χ2v) is 27.8. The number of carbonyl (C=O) groups excluding carboxylic acids is 1. The van der Waals surface area contributed by atoms with Crippen molar-refractivity contribution in [3.8, 4) is 0 Å². The fourth-order valence-electron chi connectivity index (χ4n) is 21.9. The van der Waals surface area contributed by atoms with Crippen LogP contribution in [0.5, 0.6) is 0 Å². The summed E-state index contributed by atoms with van der Waals surface area (Å²) in [5.41, 5.74) is 10.7. The van der Waals surface area contributed by atoms with Gasteiger partial charge in [-0.1, -0.05) is 174 Å². The van der Waals surface area contributed by atoms with Crippen molar-refractivity contribution in [2.24, 2.45) is 68.0 Å². The summed E-state index contributed by atoms with van der Waals surface area (Å²) in [5, 5.41) is 22.6. The van der Waals surface area contributed by atoms with Gasteiger partial charge in [0.1, 0.15) is 5.78 Å². The van der Waals surface area contributed by atoms with Crippen molar-refractivity contribution < 1.29 is 15.0 Å². The average molecular weight is 1020 g/mol. The predicted octanol–water partition coefficient (Wildman–Crippen LogP) is 18.5. The van der Waals surface area contributed by atoms with Gasteiger partial charge in [-0.3, -0.25) is 4.79 Å². The molecule has 9 saturated carbocycles. The third-order valence-corrected chi connectivity index (χ3v) is 25.2. The van der Waals surface area contributed by atoms with Crippen LogP contribution < -0.4 is 0 Å². The van der Waals surface area contributed by atoms with Gasteiger partial charge in [0, 0.05) is 10.8 Å². The molecule has 0 radical (unpaired) electrons. The highest BCUT2D eigenvalue weighted by molar-refractivity contribution is 5.93. The van der Waals surface area contributed by atoms with Crippen molar-refractivity contribution in [2.45, 2.75) is 266 Å². The summed E-state index contributed by atoms with van der Waals surface area (Å²) in [4.78, 5) is 13.4. The van der Waals surface area contributed by atoms with E-state index in [-0.39, 0.29) is 44.7 Å². The quantitative estimate of drug-likeness (QED) is 0.236. The van der Waals surface area contributed by atoms with Crippen molar-refractivity contribution in [3.63, 3.8) is 0 Å². The third-order valence-electron chi connectivity index (χ3n) is 25.2. The van der Waals surface area contributed by atoms with E-state index in [0.29, 0.717) is 11.7 Å². The van der Waals surface area contributed by atoms with Gasteiger partial charge in [0.15, 0.2) is 0 Å². The highest BCUT2D eigenvalue weighted by atomic mass is 16.3. The monoisotopic (exact) mass is 1020 g/mol. The Hall–Kier alpha value is -2.75. The Labute approximate surface area is 458 Å². The van der Waals surface area contributed by atoms with E-state index >= 15 is 0 Å². The number of aryl methyl sites for hydroxylation is 3. The lowest BCUT2D eigenvalue weighted by Gasteiger charge is -2.50. The molecule has 15 rings (SSSR count). The largest absolute Gasteiger partial charge is 0.392 e. The maximum atomic E-state index is 13.4. The van der Waals surface area contributed by atoms with Gasteiger partial charge in [0.05, 0.1) is 12.2 Å². The molecule has 3 heteroatoms. The molecule has 0 aromatic heterocycles. The van der Waals surface area contributed by atoms with E-state index in [0.717, 1.165) is 53.8 Å². The first-order valence-electron chi connectivity index (χ1n) is 32.6. The van der Waals surface area contributed by atoms with Crippen LogP contribution in [0.2, 0.25) is 0 Å². The van der Waals surface area contributed by atoms with E-state index in [2.05, 4.69) is 93.6 Å². The van der Waals surface area contributed by atoms with E-state index in [1.54, 1.807) is 33.4 Å². The Morgan fingerprint density at radius 1 is 0.400 bits per heavy atom. The minimum atomic E-state index is -0.0411. The number of aliphatic hydroxyl groups excluding tert-OH is 2. The fourth-order valence-corrected chi connectivity index (χ4v) is 21.9. The molecule has 0 saturated heterocycles.